The lowest BCUT2D eigenvalue weighted by molar-refractivity contribution is -0.126. The quantitative estimate of drug-likeness (QED) is 0.832. The van der Waals surface area contributed by atoms with E-state index in [-0.39, 0.29) is 17.8 Å². The van der Waals surface area contributed by atoms with Crippen molar-refractivity contribution in [3.05, 3.63) is 35.9 Å². The predicted molar refractivity (Wildman–Crippen MR) is 80.7 cm³/mol. The first-order valence-corrected chi connectivity index (χ1v) is 8.36. The Labute approximate surface area is 125 Å². The average molecular weight is 282 g/mol. The molecule has 0 radical (unpaired) electrons. The minimum absolute atomic E-state index is 0.0921. The van der Waals surface area contributed by atoms with E-state index in [1.54, 1.807) is 0 Å². The first-order chi connectivity index (χ1) is 10.3. The van der Waals surface area contributed by atoms with Crippen LogP contribution in [0.25, 0.3) is 0 Å². The van der Waals surface area contributed by atoms with Crippen LogP contribution in [0.2, 0.25) is 0 Å². The van der Waals surface area contributed by atoms with Crippen LogP contribution in [0.15, 0.2) is 30.3 Å². The molecular formula is C19H22O2. The highest BCUT2D eigenvalue weighted by molar-refractivity contribution is 5.93. The minimum Gasteiger partial charge on any atom is -0.299 e. The molecule has 5 atom stereocenters. The Kier molecular flexibility index (Phi) is 3.20. The summed E-state index contributed by atoms with van der Waals surface area (Å²) in [6.07, 6.45) is 5.89. The summed E-state index contributed by atoms with van der Waals surface area (Å²) >= 11 is 0. The molecule has 3 aliphatic rings. The molecule has 3 aliphatic carbocycles. The maximum atomic E-state index is 12.6. The summed E-state index contributed by atoms with van der Waals surface area (Å²) in [7, 11) is 0. The third-order valence-electron chi connectivity index (χ3n) is 6.10. The highest BCUT2D eigenvalue weighted by Crippen LogP contribution is 2.55. The van der Waals surface area contributed by atoms with Crippen LogP contribution in [0.4, 0.5) is 0 Å². The smallest absolute Gasteiger partial charge is 0.139 e. The predicted octanol–water partition coefficient (Wildman–Crippen LogP) is 3.44. The zero-order valence-electron chi connectivity index (χ0n) is 12.3. The number of hydrogen-bond acceptors (Lipinski definition) is 2. The van der Waals surface area contributed by atoms with Crippen molar-refractivity contribution in [2.45, 2.75) is 38.5 Å². The maximum Gasteiger partial charge on any atom is 0.139 e. The molecular weight excluding hydrogens is 260 g/mol. The fourth-order valence-electron chi connectivity index (χ4n) is 5.24. The zero-order chi connectivity index (χ0) is 14.4. The second-order valence-electron chi connectivity index (χ2n) is 7.11. The summed E-state index contributed by atoms with van der Waals surface area (Å²) in [5.41, 5.74) is 1.24. The Hall–Kier alpha value is -1.44. The zero-order valence-corrected chi connectivity index (χ0v) is 12.3. The third kappa shape index (κ3) is 2.07. The van der Waals surface area contributed by atoms with Crippen LogP contribution >= 0.6 is 0 Å². The largest absolute Gasteiger partial charge is 0.299 e. The summed E-state index contributed by atoms with van der Waals surface area (Å²) in [5.74, 6) is 2.09. The van der Waals surface area contributed by atoms with Gasteiger partial charge >= 0.3 is 0 Å². The molecule has 0 saturated heterocycles. The number of ketones is 2. The van der Waals surface area contributed by atoms with Crippen molar-refractivity contribution in [3.63, 3.8) is 0 Å². The summed E-state index contributed by atoms with van der Waals surface area (Å²) in [6.45, 7) is 0. The molecule has 1 aromatic carbocycles. The topological polar surface area (TPSA) is 34.1 Å². The number of Topliss-reactive ketones (excluding diaryl/α,β-unsaturated/α-hetero) is 2. The van der Waals surface area contributed by atoms with Crippen molar-refractivity contribution in [3.8, 4) is 0 Å². The van der Waals surface area contributed by atoms with E-state index in [0.717, 1.165) is 19.3 Å². The lowest BCUT2D eigenvalue weighted by Gasteiger charge is -2.25. The Bertz CT molecular complexity index is 562. The summed E-state index contributed by atoms with van der Waals surface area (Å²) < 4.78 is 0. The molecule has 4 rings (SSSR count). The van der Waals surface area contributed by atoms with E-state index in [2.05, 4.69) is 12.1 Å². The molecule has 21 heavy (non-hydrogen) atoms. The van der Waals surface area contributed by atoms with Gasteiger partial charge in [-0.25, -0.2) is 0 Å². The van der Waals surface area contributed by atoms with Gasteiger partial charge in [-0.05, 0) is 36.7 Å². The van der Waals surface area contributed by atoms with Crippen molar-refractivity contribution in [1.82, 2.24) is 0 Å². The molecule has 2 heteroatoms. The monoisotopic (exact) mass is 282 g/mol. The molecule has 1 aromatic rings. The van der Waals surface area contributed by atoms with Gasteiger partial charge in [-0.15, -0.1) is 0 Å². The molecule has 0 amide bonds. The van der Waals surface area contributed by atoms with Crippen LogP contribution < -0.4 is 0 Å². The van der Waals surface area contributed by atoms with Crippen LogP contribution in [0.1, 0.15) is 37.7 Å². The molecule has 3 fully saturated rings. The van der Waals surface area contributed by atoms with Gasteiger partial charge < -0.3 is 0 Å². The fraction of sp³-hybridized carbons (Fsp3) is 0.579. The minimum atomic E-state index is 0.0921. The Morgan fingerprint density at radius 3 is 2.43 bits per heavy atom. The maximum absolute atomic E-state index is 12.6. The van der Waals surface area contributed by atoms with Gasteiger partial charge in [-0.2, -0.15) is 0 Å². The van der Waals surface area contributed by atoms with E-state index >= 15 is 0 Å². The van der Waals surface area contributed by atoms with Crippen molar-refractivity contribution < 1.29 is 9.59 Å². The van der Waals surface area contributed by atoms with Crippen molar-refractivity contribution in [2.24, 2.45) is 29.6 Å². The van der Waals surface area contributed by atoms with Crippen molar-refractivity contribution >= 4 is 11.6 Å². The summed E-state index contributed by atoms with van der Waals surface area (Å²) in [5, 5.41) is 0. The summed E-state index contributed by atoms with van der Waals surface area (Å²) in [4.78, 5) is 25.1. The fourth-order valence-corrected chi connectivity index (χ4v) is 5.24. The van der Waals surface area contributed by atoms with Crippen LogP contribution in [0, 0.1) is 29.6 Å². The lowest BCUT2D eigenvalue weighted by atomic mass is 9.78. The van der Waals surface area contributed by atoms with Gasteiger partial charge in [0, 0.05) is 24.2 Å². The number of benzene rings is 1. The van der Waals surface area contributed by atoms with Crippen molar-refractivity contribution in [1.29, 1.82) is 0 Å². The first-order valence-electron chi connectivity index (χ1n) is 8.36. The number of carbonyl (C=O) groups is 2. The Morgan fingerprint density at radius 2 is 1.67 bits per heavy atom. The molecule has 2 nitrogen and oxygen atoms in total. The standard InChI is InChI=1S/C19H22O2/c20-17-11-15-13-8-4-5-9-14(19(13)21)18(15)16(17)10-12-6-2-1-3-7-12/h1-3,6-7,13-16,18H,4-5,8-11H2/t13-,14+,15-,16+,18+/m1/s1. The van der Waals surface area contributed by atoms with Crippen LogP contribution in [0.5, 0.6) is 0 Å². The number of hydrogen-bond donors (Lipinski definition) is 0. The van der Waals surface area contributed by atoms with E-state index < -0.39 is 0 Å². The van der Waals surface area contributed by atoms with Gasteiger partial charge in [0.05, 0.1) is 0 Å². The number of fused-ring (bicyclic) bond motifs is 5. The molecule has 2 bridgehead atoms. The molecule has 3 saturated carbocycles. The highest BCUT2D eigenvalue weighted by atomic mass is 16.1. The van der Waals surface area contributed by atoms with Gasteiger partial charge in [-0.3, -0.25) is 9.59 Å². The number of rotatable bonds is 2. The molecule has 0 aliphatic heterocycles. The highest BCUT2D eigenvalue weighted by Gasteiger charge is 2.58. The number of carbonyl (C=O) groups excluding carboxylic acids is 2. The van der Waals surface area contributed by atoms with E-state index in [1.807, 2.05) is 18.2 Å². The van der Waals surface area contributed by atoms with E-state index in [9.17, 15) is 9.59 Å². The van der Waals surface area contributed by atoms with Gasteiger partial charge in [0.1, 0.15) is 11.6 Å². The van der Waals surface area contributed by atoms with Gasteiger partial charge in [-0.1, -0.05) is 43.2 Å². The molecule has 0 heterocycles. The third-order valence-corrected chi connectivity index (χ3v) is 6.10. The average Bonchev–Trinajstić information content (AvgIpc) is 2.82. The van der Waals surface area contributed by atoms with Crippen LogP contribution in [-0.2, 0) is 16.0 Å². The summed E-state index contributed by atoms with van der Waals surface area (Å²) in [6, 6.07) is 10.3. The van der Waals surface area contributed by atoms with Crippen LogP contribution in [-0.4, -0.2) is 11.6 Å². The molecule has 0 unspecified atom stereocenters. The van der Waals surface area contributed by atoms with E-state index in [1.165, 1.54) is 18.4 Å². The second kappa shape index (κ2) is 5.08. The SMILES string of the molecule is O=C1[C@H]2CCCC[C@@H]1[C@H]1CC(=O)[C@H](Cc3ccccc3)[C@H]12. The molecule has 110 valence electrons. The second-order valence-corrected chi connectivity index (χ2v) is 7.11. The molecule has 0 spiro atoms. The normalized spacial score (nSPS) is 38.4. The van der Waals surface area contributed by atoms with Crippen LogP contribution in [0.3, 0.4) is 0 Å². The van der Waals surface area contributed by atoms with E-state index in [0.29, 0.717) is 29.8 Å². The van der Waals surface area contributed by atoms with Gasteiger partial charge in [0.25, 0.3) is 0 Å². The lowest BCUT2D eigenvalue weighted by Crippen LogP contribution is -2.26. The van der Waals surface area contributed by atoms with Crippen molar-refractivity contribution in [2.75, 3.05) is 0 Å². The Morgan fingerprint density at radius 1 is 0.952 bits per heavy atom. The molecule has 0 aromatic heterocycles. The first kappa shape index (κ1) is 13.2. The van der Waals surface area contributed by atoms with E-state index in [4.69, 9.17) is 0 Å². The van der Waals surface area contributed by atoms with Gasteiger partial charge in [0.2, 0.25) is 0 Å². The molecule has 0 N–H and O–H groups in total. The van der Waals surface area contributed by atoms with Gasteiger partial charge in [0.15, 0.2) is 0 Å². The Balaban J connectivity index is 1.63.